The first-order valence-corrected chi connectivity index (χ1v) is 7.21. The van der Waals surface area contributed by atoms with E-state index in [0.717, 1.165) is 5.92 Å². The van der Waals surface area contributed by atoms with Crippen LogP contribution in [0.4, 0.5) is 0 Å². The van der Waals surface area contributed by atoms with Crippen LogP contribution in [-0.4, -0.2) is 4.75 Å². The van der Waals surface area contributed by atoms with Gasteiger partial charge in [-0.05, 0) is 18.8 Å². The zero-order valence-electron chi connectivity index (χ0n) is 11.2. The SMILES string of the molecule is CCCCCCCCC(C)C(C)(S)CC. The van der Waals surface area contributed by atoms with Gasteiger partial charge in [0.2, 0.25) is 0 Å². The minimum absolute atomic E-state index is 0.240. The van der Waals surface area contributed by atoms with Gasteiger partial charge in [-0.15, -0.1) is 0 Å². The molecule has 0 saturated heterocycles. The van der Waals surface area contributed by atoms with Gasteiger partial charge in [0.25, 0.3) is 0 Å². The van der Waals surface area contributed by atoms with Gasteiger partial charge in [-0.1, -0.05) is 66.2 Å². The van der Waals surface area contributed by atoms with Crippen LogP contribution < -0.4 is 0 Å². The van der Waals surface area contributed by atoms with E-state index in [0.29, 0.717) is 0 Å². The average molecular weight is 230 g/mol. The summed E-state index contributed by atoms with van der Waals surface area (Å²) in [6.07, 6.45) is 10.9. The van der Waals surface area contributed by atoms with Crippen LogP contribution in [0.2, 0.25) is 0 Å². The van der Waals surface area contributed by atoms with E-state index in [1.54, 1.807) is 0 Å². The molecule has 0 rings (SSSR count). The lowest BCUT2D eigenvalue weighted by Crippen LogP contribution is -2.25. The fourth-order valence-electron chi connectivity index (χ4n) is 1.89. The van der Waals surface area contributed by atoms with Gasteiger partial charge in [0.05, 0.1) is 0 Å². The van der Waals surface area contributed by atoms with E-state index >= 15 is 0 Å². The molecule has 0 nitrogen and oxygen atoms in total. The predicted octanol–water partition coefficient (Wildman–Crippen LogP) is 5.47. The van der Waals surface area contributed by atoms with Crippen LogP contribution in [0.15, 0.2) is 0 Å². The number of thiol groups is 1. The Hall–Kier alpha value is 0.350. The molecule has 0 saturated carbocycles. The van der Waals surface area contributed by atoms with Crippen molar-refractivity contribution in [1.82, 2.24) is 0 Å². The molecule has 2 atom stereocenters. The van der Waals surface area contributed by atoms with Crippen LogP contribution in [0.5, 0.6) is 0 Å². The van der Waals surface area contributed by atoms with Gasteiger partial charge in [0, 0.05) is 4.75 Å². The Labute approximate surface area is 103 Å². The van der Waals surface area contributed by atoms with E-state index in [1.165, 1.54) is 51.4 Å². The monoisotopic (exact) mass is 230 g/mol. The second kappa shape index (κ2) is 8.50. The summed E-state index contributed by atoms with van der Waals surface area (Å²) >= 11 is 4.74. The minimum Gasteiger partial charge on any atom is -0.173 e. The highest BCUT2D eigenvalue weighted by atomic mass is 32.1. The van der Waals surface area contributed by atoms with Crippen molar-refractivity contribution < 1.29 is 0 Å². The third kappa shape index (κ3) is 7.27. The van der Waals surface area contributed by atoms with Gasteiger partial charge in [0.1, 0.15) is 0 Å². The van der Waals surface area contributed by atoms with E-state index < -0.39 is 0 Å². The smallest absolute Gasteiger partial charge is 0.0124 e. The van der Waals surface area contributed by atoms with E-state index in [4.69, 9.17) is 12.6 Å². The Bertz CT molecular complexity index is 140. The molecule has 0 aromatic carbocycles. The summed E-state index contributed by atoms with van der Waals surface area (Å²) < 4.78 is 0.240. The second-order valence-electron chi connectivity index (χ2n) is 5.17. The van der Waals surface area contributed by atoms with Crippen LogP contribution in [0.3, 0.4) is 0 Å². The Morgan fingerprint density at radius 1 is 1.00 bits per heavy atom. The maximum absolute atomic E-state index is 4.74. The van der Waals surface area contributed by atoms with Crippen LogP contribution in [0.1, 0.15) is 79.1 Å². The first kappa shape index (κ1) is 15.3. The third-order valence-corrected chi connectivity index (χ3v) is 4.53. The van der Waals surface area contributed by atoms with E-state index in [-0.39, 0.29) is 4.75 Å². The van der Waals surface area contributed by atoms with Crippen LogP contribution in [0, 0.1) is 5.92 Å². The zero-order chi connectivity index (χ0) is 11.7. The molecular weight excluding hydrogens is 200 g/mol. The van der Waals surface area contributed by atoms with E-state index in [1.807, 2.05) is 0 Å². The lowest BCUT2D eigenvalue weighted by Gasteiger charge is -2.29. The molecule has 0 aliphatic carbocycles. The Morgan fingerprint density at radius 2 is 1.53 bits per heavy atom. The molecule has 0 amide bonds. The Balaban J connectivity index is 3.43. The van der Waals surface area contributed by atoms with Crippen molar-refractivity contribution in [2.24, 2.45) is 5.92 Å². The highest BCUT2D eigenvalue weighted by Gasteiger charge is 2.23. The first-order valence-electron chi connectivity index (χ1n) is 6.77. The average Bonchev–Trinajstić information content (AvgIpc) is 2.22. The molecular formula is C14H30S. The van der Waals surface area contributed by atoms with E-state index in [9.17, 15) is 0 Å². The van der Waals surface area contributed by atoms with Gasteiger partial charge in [0.15, 0.2) is 0 Å². The topological polar surface area (TPSA) is 0 Å². The van der Waals surface area contributed by atoms with Crippen LogP contribution in [-0.2, 0) is 0 Å². The maximum Gasteiger partial charge on any atom is 0.0124 e. The molecule has 0 aromatic heterocycles. The van der Waals surface area contributed by atoms with Crippen molar-refractivity contribution in [2.75, 3.05) is 0 Å². The standard InChI is InChI=1S/C14H30S/c1-5-7-8-9-10-11-12-13(3)14(4,15)6-2/h13,15H,5-12H2,1-4H3. The van der Waals surface area contributed by atoms with Crippen LogP contribution >= 0.6 is 12.6 Å². The molecule has 92 valence electrons. The van der Waals surface area contributed by atoms with Gasteiger partial charge in [-0.2, -0.15) is 12.6 Å². The lowest BCUT2D eigenvalue weighted by atomic mass is 9.88. The molecule has 0 N–H and O–H groups in total. The van der Waals surface area contributed by atoms with Crippen molar-refractivity contribution in [3.8, 4) is 0 Å². The zero-order valence-corrected chi connectivity index (χ0v) is 12.1. The highest BCUT2D eigenvalue weighted by Crippen LogP contribution is 2.31. The molecule has 2 unspecified atom stereocenters. The molecule has 0 aliphatic rings. The van der Waals surface area contributed by atoms with Gasteiger partial charge in [-0.3, -0.25) is 0 Å². The largest absolute Gasteiger partial charge is 0.173 e. The summed E-state index contributed by atoms with van der Waals surface area (Å²) in [7, 11) is 0. The van der Waals surface area contributed by atoms with Crippen LogP contribution in [0.25, 0.3) is 0 Å². The minimum atomic E-state index is 0.240. The van der Waals surface area contributed by atoms with Crippen molar-refractivity contribution in [2.45, 2.75) is 83.8 Å². The molecule has 15 heavy (non-hydrogen) atoms. The van der Waals surface area contributed by atoms with E-state index in [2.05, 4.69) is 27.7 Å². The number of unbranched alkanes of at least 4 members (excludes halogenated alkanes) is 5. The molecule has 0 aromatic rings. The predicted molar refractivity (Wildman–Crippen MR) is 74.8 cm³/mol. The van der Waals surface area contributed by atoms with Gasteiger partial charge in [-0.25, -0.2) is 0 Å². The molecule has 0 radical (unpaired) electrons. The number of hydrogen-bond acceptors (Lipinski definition) is 1. The molecule has 0 aliphatic heterocycles. The lowest BCUT2D eigenvalue weighted by molar-refractivity contribution is 0.380. The van der Waals surface area contributed by atoms with Crippen molar-refractivity contribution in [3.63, 3.8) is 0 Å². The quantitative estimate of drug-likeness (QED) is 0.394. The normalized spacial score (nSPS) is 17.4. The summed E-state index contributed by atoms with van der Waals surface area (Å²) in [5, 5.41) is 0. The Morgan fingerprint density at radius 3 is 2.07 bits per heavy atom. The van der Waals surface area contributed by atoms with Crippen molar-refractivity contribution in [1.29, 1.82) is 0 Å². The number of rotatable bonds is 9. The summed E-state index contributed by atoms with van der Waals surface area (Å²) in [6.45, 7) is 9.14. The van der Waals surface area contributed by atoms with Gasteiger partial charge < -0.3 is 0 Å². The summed E-state index contributed by atoms with van der Waals surface area (Å²) in [5.41, 5.74) is 0. The molecule has 0 bridgehead atoms. The summed E-state index contributed by atoms with van der Waals surface area (Å²) in [5.74, 6) is 0.747. The first-order chi connectivity index (χ1) is 7.04. The Kier molecular flexibility index (Phi) is 8.69. The third-order valence-electron chi connectivity index (χ3n) is 3.77. The molecule has 0 heterocycles. The molecule has 1 heteroatoms. The summed E-state index contributed by atoms with van der Waals surface area (Å²) in [4.78, 5) is 0. The summed E-state index contributed by atoms with van der Waals surface area (Å²) in [6, 6.07) is 0. The fraction of sp³-hybridized carbons (Fsp3) is 1.00. The molecule has 0 spiro atoms. The van der Waals surface area contributed by atoms with Crippen molar-refractivity contribution >= 4 is 12.6 Å². The van der Waals surface area contributed by atoms with Crippen molar-refractivity contribution in [3.05, 3.63) is 0 Å². The molecule has 0 fully saturated rings. The number of hydrogen-bond donors (Lipinski definition) is 1. The van der Waals surface area contributed by atoms with Gasteiger partial charge >= 0.3 is 0 Å². The fourth-order valence-corrected chi connectivity index (χ4v) is 2.02. The second-order valence-corrected chi connectivity index (χ2v) is 6.19. The highest BCUT2D eigenvalue weighted by molar-refractivity contribution is 7.81. The maximum atomic E-state index is 4.74.